The Morgan fingerprint density at radius 3 is 2.65 bits per heavy atom. The Bertz CT molecular complexity index is 654. The van der Waals surface area contributed by atoms with Gasteiger partial charge in [-0.05, 0) is 36.6 Å². The minimum Gasteiger partial charge on any atom is -0.369 e. The van der Waals surface area contributed by atoms with E-state index in [-0.39, 0.29) is 11.2 Å². The molecular formula is C16H14FN3. The summed E-state index contributed by atoms with van der Waals surface area (Å²) in [4.78, 5) is 4.17. The van der Waals surface area contributed by atoms with Crippen LogP contribution in [0, 0.1) is 17.1 Å². The summed E-state index contributed by atoms with van der Waals surface area (Å²) >= 11 is 0. The van der Waals surface area contributed by atoms with E-state index in [1.54, 1.807) is 18.2 Å². The monoisotopic (exact) mass is 267 g/mol. The lowest BCUT2D eigenvalue weighted by atomic mass is 9.95. The largest absolute Gasteiger partial charge is 0.369 e. The van der Waals surface area contributed by atoms with Crippen LogP contribution in [0.2, 0.25) is 0 Å². The molecule has 1 fully saturated rings. The Morgan fingerprint density at radius 2 is 2.05 bits per heavy atom. The number of nitriles is 1. The summed E-state index contributed by atoms with van der Waals surface area (Å²) in [6, 6.07) is 12.5. The Kier molecular flexibility index (Phi) is 3.11. The van der Waals surface area contributed by atoms with Crippen molar-refractivity contribution in [2.24, 2.45) is 0 Å². The van der Waals surface area contributed by atoms with Gasteiger partial charge in [0, 0.05) is 18.2 Å². The zero-order chi connectivity index (χ0) is 14.0. The van der Waals surface area contributed by atoms with Gasteiger partial charge in [0.15, 0.2) is 0 Å². The molecule has 1 aliphatic rings. The number of aromatic nitrogens is 1. The molecule has 1 aromatic heterocycles. The molecule has 2 aromatic rings. The van der Waals surface area contributed by atoms with Gasteiger partial charge >= 0.3 is 0 Å². The summed E-state index contributed by atoms with van der Waals surface area (Å²) in [5.74, 6) is 0.575. The van der Waals surface area contributed by atoms with Crippen molar-refractivity contribution in [1.82, 2.24) is 4.98 Å². The fraction of sp³-hybridized carbons (Fsp3) is 0.250. The maximum atomic E-state index is 13.9. The van der Waals surface area contributed by atoms with Crippen molar-refractivity contribution in [1.29, 1.82) is 5.26 Å². The van der Waals surface area contributed by atoms with Gasteiger partial charge in [-0.25, -0.2) is 9.37 Å². The molecule has 20 heavy (non-hydrogen) atoms. The molecule has 0 aliphatic heterocycles. The average molecular weight is 267 g/mol. The molecule has 1 saturated carbocycles. The van der Waals surface area contributed by atoms with Crippen molar-refractivity contribution in [2.45, 2.75) is 18.3 Å². The third-order valence-electron chi connectivity index (χ3n) is 3.80. The Morgan fingerprint density at radius 1 is 1.25 bits per heavy atom. The van der Waals surface area contributed by atoms with E-state index in [4.69, 9.17) is 5.26 Å². The lowest BCUT2D eigenvalue weighted by molar-refractivity contribution is 0.578. The molecule has 0 saturated heterocycles. The van der Waals surface area contributed by atoms with Crippen LogP contribution in [-0.4, -0.2) is 11.5 Å². The van der Waals surface area contributed by atoms with Gasteiger partial charge in [0.05, 0.1) is 5.56 Å². The van der Waals surface area contributed by atoms with Gasteiger partial charge in [0.2, 0.25) is 0 Å². The molecule has 3 nitrogen and oxygen atoms in total. The first kappa shape index (κ1) is 12.6. The van der Waals surface area contributed by atoms with Crippen LogP contribution in [0.5, 0.6) is 0 Å². The molecule has 0 radical (unpaired) electrons. The molecule has 1 heterocycles. The highest BCUT2D eigenvalue weighted by molar-refractivity contribution is 5.42. The number of benzene rings is 1. The molecule has 1 aliphatic carbocycles. The number of nitrogens with one attached hydrogen (secondary N) is 1. The van der Waals surface area contributed by atoms with E-state index in [1.807, 2.05) is 18.2 Å². The third-order valence-corrected chi connectivity index (χ3v) is 3.80. The summed E-state index contributed by atoms with van der Waals surface area (Å²) < 4.78 is 13.9. The predicted octanol–water partition coefficient (Wildman–Crippen LogP) is 3.24. The summed E-state index contributed by atoms with van der Waals surface area (Å²) in [7, 11) is 0. The van der Waals surface area contributed by atoms with Crippen molar-refractivity contribution in [3.05, 3.63) is 59.5 Å². The van der Waals surface area contributed by atoms with Crippen LogP contribution in [-0.2, 0) is 5.41 Å². The maximum Gasteiger partial charge on any atom is 0.127 e. The van der Waals surface area contributed by atoms with Gasteiger partial charge in [0.1, 0.15) is 17.7 Å². The van der Waals surface area contributed by atoms with Gasteiger partial charge < -0.3 is 5.32 Å². The number of halogens is 1. The second-order valence-electron chi connectivity index (χ2n) is 5.16. The van der Waals surface area contributed by atoms with E-state index in [1.165, 1.54) is 12.3 Å². The molecule has 1 aromatic carbocycles. The molecule has 0 amide bonds. The van der Waals surface area contributed by atoms with E-state index in [0.717, 1.165) is 18.4 Å². The Balaban J connectivity index is 1.72. The highest BCUT2D eigenvalue weighted by Gasteiger charge is 2.45. The number of hydrogen-bond donors (Lipinski definition) is 1. The highest BCUT2D eigenvalue weighted by Crippen LogP contribution is 2.48. The lowest BCUT2D eigenvalue weighted by Crippen LogP contribution is -2.21. The summed E-state index contributed by atoms with van der Waals surface area (Å²) in [5, 5.41) is 12.0. The van der Waals surface area contributed by atoms with Gasteiger partial charge in [-0.3, -0.25) is 0 Å². The zero-order valence-corrected chi connectivity index (χ0v) is 10.9. The molecular weight excluding hydrogens is 253 g/mol. The van der Waals surface area contributed by atoms with Gasteiger partial charge in [-0.1, -0.05) is 18.2 Å². The summed E-state index contributed by atoms with van der Waals surface area (Å²) in [6.45, 7) is 0.660. The quantitative estimate of drug-likeness (QED) is 0.925. The van der Waals surface area contributed by atoms with Gasteiger partial charge in [0.25, 0.3) is 0 Å². The molecule has 0 atom stereocenters. The van der Waals surface area contributed by atoms with E-state index >= 15 is 0 Å². The van der Waals surface area contributed by atoms with Crippen LogP contribution in [0.15, 0.2) is 42.6 Å². The van der Waals surface area contributed by atoms with Gasteiger partial charge in [-0.2, -0.15) is 5.26 Å². The first-order valence-corrected chi connectivity index (χ1v) is 6.59. The van der Waals surface area contributed by atoms with Crippen LogP contribution in [0.4, 0.5) is 10.2 Å². The first-order chi connectivity index (χ1) is 9.73. The second-order valence-corrected chi connectivity index (χ2v) is 5.16. The number of pyridine rings is 1. The van der Waals surface area contributed by atoms with Crippen LogP contribution in [0.25, 0.3) is 0 Å². The van der Waals surface area contributed by atoms with Crippen molar-refractivity contribution < 1.29 is 4.39 Å². The predicted molar refractivity (Wildman–Crippen MR) is 74.8 cm³/mol. The topological polar surface area (TPSA) is 48.7 Å². The molecule has 4 heteroatoms. The smallest absolute Gasteiger partial charge is 0.127 e. The third kappa shape index (κ3) is 2.35. The van der Waals surface area contributed by atoms with Gasteiger partial charge in [-0.15, -0.1) is 0 Å². The Hall–Kier alpha value is -2.41. The van der Waals surface area contributed by atoms with Crippen molar-refractivity contribution in [2.75, 3.05) is 11.9 Å². The molecule has 1 N–H and O–H groups in total. The van der Waals surface area contributed by atoms with E-state index in [2.05, 4.69) is 10.3 Å². The van der Waals surface area contributed by atoms with Crippen molar-refractivity contribution in [3.8, 4) is 6.07 Å². The fourth-order valence-electron chi connectivity index (χ4n) is 2.41. The standard InChI is InChI=1S/C16H14FN3/c17-14-4-2-1-3-13(14)16(7-8-16)11-20-15-6-5-12(9-18)10-19-15/h1-6,10H,7-8,11H2,(H,19,20). The normalized spacial score (nSPS) is 15.4. The van der Waals surface area contributed by atoms with E-state index in [9.17, 15) is 4.39 Å². The summed E-state index contributed by atoms with van der Waals surface area (Å²) in [6.07, 6.45) is 3.50. The second kappa shape index (κ2) is 4.93. The lowest BCUT2D eigenvalue weighted by Gasteiger charge is -2.17. The highest BCUT2D eigenvalue weighted by atomic mass is 19.1. The molecule has 0 spiro atoms. The molecule has 3 rings (SSSR count). The molecule has 0 bridgehead atoms. The summed E-state index contributed by atoms with van der Waals surface area (Å²) in [5.41, 5.74) is 1.20. The number of anilines is 1. The van der Waals surface area contributed by atoms with Crippen LogP contribution in [0.1, 0.15) is 24.0 Å². The minimum atomic E-state index is -0.139. The first-order valence-electron chi connectivity index (χ1n) is 6.59. The average Bonchev–Trinajstić information content (AvgIpc) is 3.27. The van der Waals surface area contributed by atoms with Crippen molar-refractivity contribution >= 4 is 5.82 Å². The SMILES string of the molecule is N#Cc1ccc(NCC2(c3ccccc3F)CC2)nc1. The van der Waals surface area contributed by atoms with E-state index < -0.39 is 0 Å². The van der Waals surface area contributed by atoms with Crippen LogP contribution < -0.4 is 5.32 Å². The van der Waals surface area contributed by atoms with E-state index in [0.29, 0.717) is 17.9 Å². The Labute approximate surface area is 117 Å². The number of rotatable bonds is 4. The zero-order valence-electron chi connectivity index (χ0n) is 10.9. The number of nitrogens with zero attached hydrogens (tertiary/aromatic N) is 2. The maximum absolute atomic E-state index is 13.9. The van der Waals surface area contributed by atoms with Crippen molar-refractivity contribution in [3.63, 3.8) is 0 Å². The van der Waals surface area contributed by atoms with Crippen LogP contribution >= 0.6 is 0 Å². The minimum absolute atomic E-state index is 0.110. The van der Waals surface area contributed by atoms with Crippen LogP contribution in [0.3, 0.4) is 0 Å². The fourth-order valence-corrected chi connectivity index (χ4v) is 2.41. The molecule has 100 valence electrons. The number of hydrogen-bond acceptors (Lipinski definition) is 3. The molecule has 0 unspecified atom stereocenters.